The molecule has 0 aliphatic carbocycles. The molecule has 1 aromatic heterocycles. The lowest BCUT2D eigenvalue weighted by Gasteiger charge is -2.12. The molecule has 28 heavy (non-hydrogen) atoms. The number of aliphatic imine (C=N–C) groups is 1. The zero-order chi connectivity index (χ0) is 19.3. The molecule has 0 bridgehead atoms. The number of thiazole rings is 1. The Morgan fingerprint density at radius 1 is 1.25 bits per heavy atom. The number of benzene rings is 1. The van der Waals surface area contributed by atoms with Gasteiger partial charge in [-0.2, -0.15) is 0 Å². The molecular formula is C20H31IN4O2S. The van der Waals surface area contributed by atoms with Crippen molar-refractivity contribution >= 4 is 41.3 Å². The highest BCUT2D eigenvalue weighted by Crippen LogP contribution is 2.14. The zero-order valence-corrected chi connectivity index (χ0v) is 20.0. The smallest absolute Gasteiger partial charge is 0.191 e. The Kier molecular flexibility index (Phi) is 12.8. The van der Waals surface area contributed by atoms with Crippen molar-refractivity contribution in [1.29, 1.82) is 0 Å². The maximum absolute atomic E-state index is 5.75. The molecule has 0 aliphatic rings. The second-order valence-corrected chi connectivity index (χ2v) is 7.22. The summed E-state index contributed by atoms with van der Waals surface area (Å²) in [4.78, 5) is 10.1. The summed E-state index contributed by atoms with van der Waals surface area (Å²) in [7, 11) is 3.48. The largest absolute Gasteiger partial charge is 0.493 e. The number of hydrogen-bond donors (Lipinski definition) is 2. The molecule has 0 atom stereocenters. The van der Waals surface area contributed by atoms with Gasteiger partial charge in [0.05, 0.1) is 11.6 Å². The number of aryl methyl sites for hydroxylation is 1. The molecular weight excluding hydrogens is 487 g/mol. The van der Waals surface area contributed by atoms with Crippen LogP contribution in [0.5, 0.6) is 5.75 Å². The lowest BCUT2D eigenvalue weighted by Crippen LogP contribution is -2.37. The molecule has 8 heteroatoms. The van der Waals surface area contributed by atoms with Gasteiger partial charge in [0, 0.05) is 57.8 Å². The van der Waals surface area contributed by atoms with Crippen molar-refractivity contribution in [2.75, 3.05) is 33.9 Å². The molecule has 0 saturated carbocycles. The Bertz CT molecular complexity index is 709. The Morgan fingerprint density at radius 3 is 2.82 bits per heavy atom. The molecule has 0 fully saturated rings. The fourth-order valence-electron chi connectivity index (χ4n) is 2.46. The van der Waals surface area contributed by atoms with Gasteiger partial charge in [-0.3, -0.25) is 4.99 Å². The minimum absolute atomic E-state index is 0. The summed E-state index contributed by atoms with van der Waals surface area (Å²) in [5, 5.41) is 7.84. The fraction of sp³-hybridized carbons (Fsp3) is 0.500. The molecule has 0 aliphatic heterocycles. The number of methoxy groups -OCH3 is 1. The maximum atomic E-state index is 5.75. The third-order valence-electron chi connectivity index (χ3n) is 3.92. The van der Waals surface area contributed by atoms with E-state index in [-0.39, 0.29) is 24.0 Å². The number of halogens is 1. The van der Waals surface area contributed by atoms with Crippen LogP contribution in [-0.2, 0) is 24.1 Å². The standard InChI is InChI=1S/C20H30N4O2S.HI/c1-4-18-15-23-19(27-18)9-10-22-20(21-2)24-14-16-7-5-8-17(13-16)26-12-6-11-25-3;/h5,7-8,13,15H,4,6,9-12,14H2,1-3H3,(H2,21,22,24);1H. The average molecular weight is 518 g/mol. The molecule has 0 radical (unpaired) electrons. The normalized spacial score (nSPS) is 11.0. The minimum Gasteiger partial charge on any atom is -0.493 e. The van der Waals surface area contributed by atoms with Crippen LogP contribution in [0.4, 0.5) is 0 Å². The lowest BCUT2D eigenvalue weighted by atomic mass is 10.2. The highest BCUT2D eigenvalue weighted by molar-refractivity contribution is 14.0. The molecule has 0 spiro atoms. The fourth-order valence-corrected chi connectivity index (χ4v) is 3.32. The van der Waals surface area contributed by atoms with Crippen LogP contribution >= 0.6 is 35.3 Å². The Balaban J connectivity index is 0.00000392. The number of nitrogens with zero attached hydrogens (tertiary/aromatic N) is 2. The van der Waals surface area contributed by atoms with Gasteiger partial charge in [-0.05, 0) is 24.1 Å². The van der Waals surface area contributed by atoms with Crippen LogP contribution in [-0.4, -0.2) is 44.9 Å². The van der Waals surface area contributed by atoms with Crippen molar-refractivity contribution in [2.24, 2.45) is 4.99 Å². The summed E-state index contributed by atoms with van der Waals surface area (Å²) in [6, 6.07) is 8.10. The van der Waals surface area contributed by atoms with Gasteiger partial charge in [-0.1, -0.05) is 19.1 Å². The van der Waals surface area contributed by atoms with Gasteiger partial charge in [0.2, 0.25) is 0 Å². The van der Waals surface area contributed by atoms with E-state index in [4.69, 9.17) is 9.47 Å². The average Bonchev–Trinajstić information content (AvgIpc) is 3.16. The second kappa shape index (κ2) is 14.6. The molecule has 1 heterocycles. The van der Waals surface area contributed by atoms with E-state index in [2.05, 4.69) is 39.7 Å². The van der Waals surface area contributed by atoms with E-state index in [1.165, 1.54) is 4.88 Å². The van der Waals surface area contributed by atoms with Gasteiger partial charge < -0.3 is 20.1 Å². The van der Waals surface area contributed by atoms with E-state index in [1.807, 2.05) is 18.3 Å². The van der Waals surface area contributed by atoms with Gasteiger partial charge in [-0.25, -0.2) is 4.98 Å². The predicted molar refractivity (Wildman–Crippen MR) is 127 cm³/mol. The molecule has 0 saturated heterocycles. The summed E-state index contributed by atoms with van der Waals surface area (Å²) < 4.78 is 10.8. The first kappa shape index (κ1) is 24.6. The first-order chi connectivity index (χ1) is 13.2. The van der Waals surface area contributed by atoms with Crippen LogP contribution in [0.1, 0.15) is 28.8 Å². The predicted octanol–water partition coefficient (Wildman–Crippen LogP) is 3.65. The van der Waals surface area contributed by atoms with Crippen LogP contribution in [0.3, 0.4) is 0 Å². The van der Waals surface area contributed by atoms with E-state index in [1.54, 1.807) is 25.5 Å². The number of nitrogens with one attached hydrogen (secondary N) is 2. The first-order valence-electron chi connectivity index (χ1n) is 9.34. The highest BCUT2D eigenvalue weighted by Gasteiger charge is 2.03. The summed E-state index contributed by atoms with van der Waals surface area (Å²) in [5.74, 6) is 1.66. The topological polar surface area (TPSA) is 67.8 Å². The van der Waals surface area contributed by atoms with E-state index >= 15 is 0 Å². The van der Waals surface area contributed by atoms with E-state index in [0.29, 0.717) is 19.8 Å². The summed E-state index contributed by atoms with van der Waals surface area (Å²) in [6.07, 6.45) is 4.80. The molecule has 2 N–H and O–H groups in total. The van der Waals surface area contributed by atoms with Gasteiger partial charge >= 0.3 is 0 Å². The summed E-state index contributed by atoms with van der Waals surface area (Å²) >= 11 is 1.78. The van der Waals surface area contributed by atoms with E-state index < -0.39 is 0 Å². The number of guanidine groups is 1. The Hall–Kier alpha value is -1.39. The van der Waals surface area contributed by atoms with Crippen molar-refractivity contribution in [3.05, 3.63) is 45.9 Å². The molecule has 0 unspecified atom stereocenters. The third kappa shape index (κ3) is 9.20. The molecule has 1 aromatic carbocycles. The molecule has 156 valence electrons. The van der Waals surface area contributed by atoms with Crippen LogP contribution in [0.2, 0.25) is 0 Å². The van der Waals surface area contributed by atoms with E-state index in [0.717, 1.165) is 48.1 Å². The Labute approximate surface area is 189 Å². The highest BCUT2D eigenvalue weighted by atomic mass is 127. The summed E-state index contributed by atoms with van der Waals surface area (Å²) in [6.45, 7) is 5.01. The molecule has 2 rings (SSSR count). The Morgan fingerprint density at radius 2 is 2.11 bits per heavy atom. The van der Waals surface area contributed by atoms with Gasteiger partial charge in [-0.15, -0.1) is 35.3 Å². The van der Waals surface area contributed by atoms with Crippen molar-refractivity contribution in [3.8, 4) is 5.75 Å². The number of rotatable bonds is 11. The van der Waals surface area contributed by atoms with E-state index in [9.17, 15) is 0 Å². The summed E-state index contributed by atoms with van der Waals surface area (Å²) in [5.41, 5.74) is 1.15. The van der Waals surface area contributed by atoms with Gasteiger partial charge in [0.1, 0.15) is 5.75 Å². The van der Waals surface area contributed by atoms with Crippen molar-refractivity contribution < 1.29 is 9.47 Å². The van der Waals surface area contributed by atoms with Crippen LogP contribution in [0, 0.1) is 0 Å². The zero-order valence-electron chi connectivity index (χ0n) is 16.9. The van der Waals surface area contributed by atoms with Crippen LogP contribution < -0.4 is 15.4 Å². The lowest BCUT2D eigenvalue weighted by molar-refractivity contribution is 0.172. The van der Waals surface area contributed by atoms with Crippen LogP contribution in [0.15, 0.2) is 35.5 Å². The number of hydrogen-bond acceptors (Lipinski definition) is 5. The molecule has 6 nitrogen and oxygen atoms in total. The number of aromatic nitrogens is 1. The molecule has 0 amide bonds. The second-order valence-electron chi connectivity index (χ2n) is 6.02. The number of ether oxygens (including phenoxy) is 2. The van der Waals surface area contributed by atoms with Gasteiger partial charge in [0.25, 0.3) is 0 Å². The quantitative estimate of drug-likeness (QED) is 0.206. The minimum atomic E-state index is 0. The van der Waals surface area contributed by atoms with Crippen molar-refractivity contribution in [3.63, 3.8) is 0 Å². The van der Waals surface area contributed by atoms with Crippen molar-refractivity contribution in [1.82, 2.24) is 15.6 Å². The first-order valence-corrected chi connectivity index (χ1v) is 10.2. The maximum Gasteiger partial charge on any atom is 0.191 e. The van der Waals surface area contributed by atoms with Crippen LogP contribution in [0.25, 0.3) is 0 Å². The SMILES string of the molecule is CCc1cnc(CCNC(=NC)NCc2cccc(OCCCOC)c2)s1.I. The monoisotopic (exact) mass is 518 g/mol. The van der Waals surface area contributed by atoms with Gasteiger partial charge in [0.15, 0.2) is 5.96 Å². The third-order valence-corrected chi connectivity index (χ3v) is 5.13. The van der Waals surface area contributed by atoms with Crippen molar-refractivity contribution in [2.45, 2.75) is 32.7 Å². The molecule has 2 aromatic rings.